The summed E-state index contributed by atoms with van der Waals surface area (Å²) >= 11 is 1.52. The number of H-pyrrole nitrogens is 1. The predicted molar refractivity (Wildman–Crippen MR) is 139 cm³/mol. The Kier molecular flexibility index (Phi) is 6.01. The van der Waals surface area contributed by atoms with Crippen LogP contribution < -0.4 is 26.0 Å². The van der Waals surface area contributed by atoms with Crippen molar-refractivity contribution in [2.45, 2.75) is 18.9 Å². The van der Waals surface area contributed by atoms with Gasteiger partial charge in [-0.25, -0.2) is 15.0 Å². The Bertz CT molecular complexity index is 1330. The van der Waals surface area contributed by atoms with Crippen molar-refractivity contribution in [1.82, 2.24) is 30.2 Å². The number of hydrogen-bond acceptors (Lipinski definition) is 10. The lowest BCUT2D eigenvalue weighted by Crippen LogP contribution is -2.48. The summed E-state index contributed by atoms with van der Waals surface area (Å²) in [5, 5.41) is 7.68. The first-order valence-electron chi connectivity index (χ1n) is 12.0. The fourth-order valence-corrected chi connectivity index (χ4v) is 5.64. The van der Waals surface area contributed by atoms with Crippen LogP contribution in [0, 0.1) is 0 Å². The van der Waals surface area contributed by atoms with Gasteiger partial charge in [0.25, 0.3) is 5.56 Å². The number of para-hydroxylation sites is 1. The van der Waals surface area contributed by atoms with E-state index in [4.69, 9.17) is 9.97 Å². The Morgan fingerprint density at radius 2 is 1.80 bits per heavy atom. The van der Waals surface area contributed by atoms with Crippen LogP contribution in [-0.4, -0.2) is 70.2 Å². The third-order valence-electron chi connectivity index (χ3n) is 6.47. The van der Waals surface area contributed by atoms with E-state index in [1.165, 1.54) is 11.3 Å². The molecule has 1 aromatic carbocycles. The number of nitrogens with one attached hydrogen (secondary N) is 3. The van der Waals surface area contributed by atoms with Crippen molar-refractivity contribution in [2.75, 3.05) is 54.4 Å². The number of benzene rings is 1. The van der Waals surface area contributed by atoms with Gasteiger partial charge in [-0.15, -0.1) is 11.3 Å². The lowest BCUT2D eigenvalue weighted by molar-refractivity contribution is 0.479. The van der Waals surface area contributed by atoms with E-state index in [1.54, 1.807) is 12.4 Å². The van der Waals surface area contributed by atoms with E-state index in [1.807, 2.05) is 30.3 Å². The Labute approximate surface area is 206 Å². The highest BCUT2D eigenvalue weighted by Gasteiger charge is 2.25. The predicted octanol–water partition coefficient (Wildman–Crippen LogP) is 2.33. The molecule has 1 atom stereocenters. The van der Waals surface area contributed by atoms with Crippen molar-refractivity contribution in [3.05, 3.63) is 53.1 Å². The third-order valence-corrected chi connectivity index (χ3v) is 7.52. The number of piperidine rings is 1. The molecule has 10 nitrogen and oxygen atoms in total. The van der Waals surface area contributed by atoms with Crippen LogP contribution in [0.3, 0.4) is 0 Å². The van der Waals surface area contributed by atoms with Gasteiger partial charge in [0.05, 0.1) is 10.2 Å². The summed E-state index contributed by atoms with van der Waals surface area (Å²) in [4.78, 5) is 39.2. The van der Waals surface area contributed by atoms with Crippen LogP contribution in [-0.2, 0) is 0 Å². The van der Waals surface area contributed by atoms with Gasteiger partial charge in [-0.2, -0.15) is 4.98 Å². The van der Waals surface area contributed by atoms with Gasteiger partial charge in [-0.05, 0) is 37.6 Å². The lowest BCUT2D eigenvalue weighted by atomic mass is 10.1. The highest BCUT2D eigenvalue weighted by atomic mass is 32.1. The second-order valence-corrected chi connectivity index (χ2v) is 9.84. The molecule has 0 bridgehead atoms. The molecule has 5 heterocycles. The van der Waals surface area contributed by atoms with Gasteiger partial charge in [0.2, 0.25) is 11.9 Å². The molecule has 2 saturated heterocycles. The topological polar surface area (TPSA) is 115 Å². The molecule has 11 heteroatoms. The van der Waals surface area contributed by atoms with E-state index >= 15 is 0 Å². The highest BCUT2D eigenvalue weighted by Crippen LogP contribution is 2.32. The summed E-state index contributed by atoms with van der Waals surface area (Å²) < 4.78 is 1.05. The second-order valence-electron chi connectivity index (χ2n) is 8.81. The zero-order valence-electron chi connectivity index (χ0n) is 19.3. The molecule has 3 aromatic heterocycles. The minimum atomic E-state index is -0.172. The normalized spacial score (nSPS) is 18.7. The van der Waals surface area contributed by atoms with Crippen LogP contribution in [0.4, 0.5) is 17.7 Å². The minimum Gasteiger partial charge on any atom is -0.365 e. The highest BCUT2D eigenvalue weighted by molar-refractivity contribution is 7.21. The zero-order chi connectivity index (χ0) is 23.6. The van der Waals surface area contributed by atoms with Gasteiger partial charge in [0, 0.05) is 51.2 Å². The number of fused-ring (bicyclic) bond motifs is 1. The number of anilines is 3. The van der Waals surface area contributed by atoms with Crippen LogP contribution in [0.5, 0.6) is 0 Å². The Morgan fingerprint density at radius 1 is 1.00 bits per heavy atom. The first-order chi connectivity index (χ1) is 17.2. The molecule has 0 spiro atoms. The second kappa shape index (κ2) is 9.59. The van der Waals surface area contributed by atoms with Gasteiger partial charge in [-0.3, -0.25) is 9.78 Å². The van der Waals surface area contributed by atoms with Gasteiger partial charge >= 0.3 is 0 Å². The fraction of sp³-hybridized carbons (Fsp3) is 0.375. The van der Waals surface area contributed by atoms with Crippen molar-refractivity contribution >= 4 is 39.3 Å². The van der Waals surface area contributed by atoms with Crippen molar-refractivity contribution in [1.29, 1.82) is 0 Å². The number of piperazine rings is 1. The van der Waals surface area contributed by atoms with E-state index in [-0.39, 0.29) is 11.6 Å². The van der Waals surface area contributed by atoms with Gasteiger partial charge in [0.1, 0.15) is 16.4 Å². The summed E-state index contributed by atoms with van der Waals surface area (Å²) in [6.07, 6.45) is 5.64. The summed E-state index contributed by atoms with van der Waals surface area (Å²) in [5.41, 5.74) is 1.23. The first kappa shape index (κ1) is 21.9. The molecule has 6 rings (SSSR count). The maximum atomic E-state index is 13.5. The number of rotatable bonds is 5. The fourth-order valence-electron chi connectivity index (χ4n) is 4.63. The molecule has 0 radical (unpaired) electrons. The molecule has 2 aliphatic rings. The third kappa shape index (κ3) is 4.56. The standard InChI is InChI=1S/C24H27N9OS/c34-21-19(22-29-17-6-1-2-7-18(17)35-22)20(28-16-5-3-8-25-15-16)30-24(31-21)33-13-11-32(12-14-33)23-26-9-4-10-27-23/h1-2,4,6-7,9-10,16,25H,3,5,8,11-15H2,(H2,28,30,31,34). The average molecular weight is 490 g/mol. The Hall–Kier alpha value is -3.57. The monoisotopic (exact) mass is 489 g/mol. The lowest BCUT2D eigenvalue weighted by Gasteiger charge is -2.35. The summed E-state index contributed by atoms with van der Waals surface area (Å²) in [6, 6.07) is 9.98. The number of aromatic nitrogens is 5. The quantitative estimate of drug-likeness (QED) is 0.388. The summed E-state index contributed by atoms with van der Waals surface area (Å²) in [6.45, 7) is 4.80. The molecule has 2 aliphatic heterocycles. The van der Waals surface area contributed by atoms with Crippen molar-refractivity contribution < 1.29 is 0 Å². The van der Waals surface area contributed by atoms with E-state index in [0.29, 0.717) is 35.4 Å². The summed E-state index contributed by atoms with van der Waals surface area (Å²) in [7, 11) is 0. The van der Waals surface area contributed by atoms with Gasteiger partial charge in [-0.1, -0.05) is 12.1 Å². The van der Waals surface area contributed by atoms with Gasteiger partial charge < -0.3 is 20.4 Å². The number of nitrogens with zero attached hydrogens (tertiary/aromatic N) is 6. The van der Waals surface area contributed by atoms with E-state index in [2.05, 4.69) is 35.4 Å². The number of aromatic amines is 1. The van der Waals surface area contributed by atoms with Crippen LogP contribution in [0.25, 0.3) is 20.8 Å². The van der Waals surface area contributed by atoms with Crippen LogP contribution in [0.1, 0.15) is 12.8 Å². The molecular formula is C24H27N9OS. The Morgan fingerprint density at radius 3 is 2.57 bits per heavy atom. The zero-order valence-corrected chi connectivity index (χ0v) is 20.1. The minimum absolute atomic E-state index is 0.172. The maximum Gasteiger partial charge on any atom is 0.264 e. The number of hydrogen-bond donors (Lipinski definition) is 3. The van der Waals surface area contributed by atoms with Crippen LogP contribution in [0.15, 0.2) is 47.5 Å². The number of thiazole rings is 1. The van der Waals surface area contributed by atoms with Crippen LogP contribution >= 0.6 is 11.3 Å². The molecule has 0 saturated carbocycles. The van der Waals surface area contributed by atoms with E-state index < -0.39 is 0 Å². The molecule has 4 aromatic rings. The van der Waals surface area contributed by atoms with Crippen molar-refractivity contribution in [3.63, 3.8) is 0 Å². The first-order valence-corrected chi connectivity index (χ1v) is 12.8. The largest absolute Gasteiger partial charge is 0.365 e. The SMILES string of the molecule is O=c1[nH]c(N2CCN(c3ncccn3)CC2)nc(NC2CCCNC2)c1-c1nc2ccccc2s1. The molecule has 2 fully saturated rings. The maximum absolute atomic E-state index is 13.5. The molecular weight excluding hydrogens is 462 g/mol. The van der Waals surface area contributed by atoms with Crippen LogP contribution in [0.2, 0.25) is 0 Å². The molecule has 1 unspecified atom stereocenters. The molecule has 35 heavy (non-hydrogen) atoms. The van der Waals surface area contributed by atoms with E-state index in [0.717, 1.165) is 55.2 Å². The Balaban J connectivity index is 1.32. The molecule has 0 amide bonds. The molecule has 180 valence electrons. The molecule has 3 N–H and O–H groups in total. The smallest absolute Gasteiger partial charge is 0.264 e. The van der Waals surface area contributed by atoms with E-state index in [9.17, 15) is 4.79 Å². The summed E-state index contributed by atoms with van der Waals surface area (Å²) in [5.74, 6) is 1.91. The average Bonchev–Trinajstić information content (AvgIpc) is 3.33. The van der Waals surface area contributed by atoms with Gasteiger partial charge in [0.15, 0.2) is 0 Å². The molecule has 0 aliphatic carbocycles. The van der Waals surface area contributed by atoms with Crippen molar-refractivity contribution in [3.8, 4) is 10.6 Å². The van der Waals surface area contributed by atoms with Crippen molar-refractivity contribution in [2.24, 2.45) is 0 Å².